The van der Waals surface area contributed by atoms with E-state index in [0.29, 0.717) is 28.9 Å². The molecule has 3 aliphatic carbocycles. The Hall–Kier alpha value is -1.93. The van der Waals surface area contributed by atoms with Crippen molar-refractivity contribution in [1.29, 1.82) is 5.26 Å². The number of carbonyl (C=O) groups excluding carboxylic acids is 1. The van der Waals surface area contributed by atoms with E-state index in [0.717, 1.165) is 49.4 Å². The Kier molecular flexibility index (Phi) is 5.66. The van der Waals surface area contributed by atoms with E-state index >= 15 is 0 Å². The summed E-state index contributed by atoms with van der Waals surface area (Å²) in [6, 6.07) is 2.26. The van der Waals surface area contributed by atoms with Crippen LogP contribution in [0.5, 0.6) is 0 Å². The minimum absolute atomic E-state index is 0.0626. The second-order valence-corrected chi connectivity index (χ2v) is 10.4. The van der Waals surface area contributed by atoms with Crippen LogP contribution < -0.4 is 5.32 Å². The van der Waals surface area contributed by atoms with Crippen LogP contribution in [0.25, 0.3) is 5.70 Å². The molecule has 5 heteroatoms. The number of aromatic nitrogens is 2. The van der Waals surface area contributed by atoms with Crippen LogP contribution in [0, 0.1) is 45.8 Å². The first-order valence-corrected chi connectivity index (χ1v) is 11.7. The second kappa shape index (κ2) is 7.96. The summed E-state index contributed by atoms with van der Waals surface area (Å²) in [4.78, 5) is 16.3. The van der Waals surface area contributed by atoms with Gasteiger partial charge in [0.1, 0.15) is 18.0 Å². The van der Waals surface area contributed by atoms with Crippen LogP contribution in [-0.4, -0.2) is 28.9 Å². The maximum Gasteiger partial charge on any atom is 0.147 e. The van der Waals surface area contributed by atoms with Gasteiger partial charge in [0, 0.05) is 16.7 Å². The molecule has 0 aromatic carbocycles. The molecule has 0 saturated heterocycles. The van der Waals surface area contributed by atoms with Crippen LogP contribution >= 0.6 is 0 Å². The molecular formula is C25H36N4O. The van der Waals surface area contributed by atoms with Gasteiger partial charge in [0.15, 0.2) is 0 Å². The summed E-state index contributed by atoms with van der Waals surface area (Å²) in [7, 11) is 0. The fourth-order valence-electron chi connectivity index (χ4n) is 7.39. The highest BCUT2D eigenvalue weighted by molar-refractivity contribution is 5.87. The van der Waals surface area contributed by atoms with Crippen LogP contribution in [-0.2, 0) is 4.79 Å². The fraction of sp³-hybridized carbons (Fsp3) is 0.720. The lowest BCUT2D eigenvalue weighted by Gasteiger charge is -2.58. The number of allylic oxidation sites excluding steroid dienone is 2. The van der Waals surface area contributed by atoms with Crippen LogP contribution in [0.15, 0.2) is 18.1 Å². The molecule has 2 saturated carbocycles. The van der Waals surface area contributed by atoms with E-state index in [2.05, 4.69) is 44.1 Å². The largest absolute Gasteiger partial charge is 0.317 e. The molecule has 162 valence electrons. The molecule has 1 aromatic rings. The predicted octanol–water partition coefficient (Wildman–Crippen LogP) is 4.65. The number of imidazole rings is 1. The summed E-state index contributed by atoms with van der Waals surface area (Å²) >= 11 is 0. The normalized spacial score (nSPS) is 38.1. The zero-order valence-corrected chi connectivity index (χ0v) is 18.9. The van der Waals surface area contributed by atoms with Gasteiger partial charge in [0.05, 0.1) is 12.5 Å². The SMILES string of the molecule is CCNCCC1(C)C(C)CCC2C3CC(C=O)=C(n4cncc4C#N)C3(C)CCC21. The van der Waals surface area contributed by atoms with E-state index in [1.807, 2.05) is 4.57 Å². The maximum absolute atomic E-state index is 12.1. The highest BCUT2D eigenvalue weighted by Gasteiger charge is 2.58. The van der Waals surface area contributed by atoms with Crippen LogP contribution in [0.3, 0.4) is 0 Å². The van der Waals surface area contributed by atoms with Crippen LogP contribution in [0.2, 0.25) is 0 Å². The molecule has 0 bridgehead atoms. The van der Waals surface area contributed by atoms with E-state index in [1.54, 1.807) is 12.5 Å². The van der Waals surface area contributed by atoms with Gasteiger partial charge in [0.2, 0.25) is 0 Å². The molecule has 5 nitrogen and oxygen atoms in total. The molecule has 0 spiro atoms. The average molecular weight is 409 g/mol. The zero-order chi connectivity index (χ0) is 21.5. The number of carbonyl (C=O) groups is 1. The third-order valence-electron chi connectivity index (χ3n) is 9.24. The smallest absolute Gasteiger partial charge is 0.147 e. The highest BCUT2D eigenvalue weighted by Crippen LogP contribution is 2.66. The van der Waals surface area contributed by atoms with Crippen molar-refractivity contribution in [1.82, 2.24) is 14.9 Å². The van der Waals surface area contributed by atoms with Crippen molar-refractivity contribution in [3.05, 3.63) is 23.8 Å². The van der Waals surface area contributed by atoms with Gasteiger partial charge in [0.25, 0.3) is 0 Å². The van der Waals surface area contributed by atoms with E-state index < -0.39 is 0 Å². The molecule has 3 aliphatic rings. The Balaban J connectivity index is 1.68. The number of nitrogens with one attached hydrogen (secondary N) is 1. The molecule has 6 atom stereocenters. The van der Waals surface area contributed by atoms with Gasteiger partial charge < -0.3 is 5.32 Å². The predicted molar refractivity (Wildman–Crippen MR) is 118 cm³/mol. The molecule has 1 N–H and O–H groups in total. The fourth-order valence-corrected chi connectivity index (χ4v) is 7.39. The topological polar surface area (TPSA) is 70.7 Å². The third kappa shape index (κ3) is 3.07. The van der Waals surface area contributed by atoms with Crippen LogP contribution in [0.4, 0.5) is 0 Å². The van der Waals surface area contributed by atoms with E-state index in [9.17, 15) is 10.1 Å². The van der Waals surface area contributed by atoms with E-state index in [-0.39, 0.29) is 5.41 Å². The molecule has 30 heavy (non-hydrogen) atoms. The summed E-state index contributed by atoms with van der Waals surface area (Å²) in [6.45, 7) is 11.6. The molecule has 0 radical (unpaired) electrons. The number of nitriles is 1. The summed E-state index contributed by atoms with van der Waals surface area (Å²) in [5.74, 6) is 2.57. The second-order valence-electron chi connectivity index (χ2n) is 10.4. The maximum atomic E-state index is 12.1. The quantitative estimate of drug-likeness (QED) is 0.549. The summed E-state index contributed by atoms with van der Waals surface area (Å²) in [5.41, 5.74) is 2.74. The Morgan fingerprint density at radius 3 is 2.83 bits per heavy atom. The van der Waals surface area contributed by atoms with Crippen molar-refractivity contribution in [2.75, 3.05) is 13.1 Å². The lowest BCUT2D eigenvalue weighted by Crippen LogP contribution is -2.51. The molecular weight excluding hydrogens is 372 g/mol. The number of hydrogen-bond donors (Lipinski definition) is 1. The van der Waals surface area contributed by atoms with Gasteiger partial charge in [-0.05, 0) is 80.7 Å². The van der Waals surface area contributed by atoms with Gasteiger partial charge in [-0.2, -0.15) is 5.26 Å². The average Bonchev–Trinajstić information content (AvgIpc) is 3.31. The van der Waals surface area contributed by atoms with Crippen molar-refractivity contribution < 1.29 is 4.79 Å². The van der Waals surface area contributed by atoms with Crippen molar-refractivity contribution in [3.8, 4) is 6.07 Å². The Morgan fingerprint density at radius 2 is 2.13 bits per heavy atom. The number of nitrogens with zero attached hydrogens (tertiary/aromatic N) is 3. The highest BCUT2D eigenvalue weighted by atomic mass is 16.1. The molecule has 1 heterocycles. The molecule has 0 amide bonds. The first kappa shape index (κ1) is 21.3. The summed E-state index contributed by atoms with van der Waals surface area (Å²) < 4.78 is 1.90. The molecule has 2 fully saturated rings. The van der Waals surface area contributed by atoms with Crippen molar-refractivity contribution in [2.45, 2.75) is 66.2 Å². The molecule has 6 unspecified atom stereocenters. The third-order valence-corrected chi connectivity index (χ3v) is 9.24. The standard InChI is InChI=1S/C25H36N4O/c1-5-27-11-10-24(3)17(2)6-7-20-21(24)8-9-25(4)22(20)12-18(15-30)23(25)29-16-28-14-19(29)13-26/h14-17,20-22,27H,5-12H2,1-4H3. The van der Waals surface area contributed by atoms with Gasteiger partial charge in [-0.25, -0.2) is 4.98 Å². The Morgan fingerprint density at radius 1 is 1.33 bits per heavy atom. The van der Waals surface area contributed by atoms with Gasteiger partial charge in [-0.15, -0.1) is 0 Å². The van der Waals surface area contributed by atoms with Gasteiger partial charge in [-0.1, -0.05) is 27.7 Å². The van der Waals surface area contributed by atoms with Crippen molar-refractivity contribution in [2.24, 2.45) is 34.5 Å². The molecule has 1 aromatic heterocycles. The van der Waals surface area contributed by atoms with Gasteiger partial charge >= 0.3 is 0 Å². The number of fused-ring (bicyclic) bond motifs is 3. The summed E-state index contributed by atoms with van der Waals surface area (Å²) in [6.07, 6.45) is 11.3. The minimum Gasteiger partial charge on any atom is -0.317 e. The lowest BCUT2D eigenvalue weighted by molar-refractivity contribution is -0.105. The zero-order valence-electron chi connectivity index (χ0n) is 18.9. The lowest BCUT2D eigenvalue weighted by atomic mass is 9.47. The van der Waals surface area contributed by atoms with Crippen molar-refractivity contribution in [3.63, 3.8) is 0 Å². The monoisotopic (exact) mass is 408 g/mol. The molecule has 4 rings (SSSR count). The number of aldehydes is 1. The van der Waals surface area contributed by atoms with E-state index in [4.69, 9.17) is 0 Å². The van der Waals surface area contributed by atoms with Crippen LogP contribution in [0.1, 0.15) is 71.9 Å². The van der Waals surface area contributed by atoms with Gasteiger partial charge in [-0.3, -0.25) is 9.36 Å². The number of rotatable bonds is 6. The van der Waals surface area contributed by atoms with Crippen molar-refractivity contribution >= 4 is 12.0 Å². The minimum atomic E-state index is -0.0626. The first-order chi connectivity index (χ1) is 14.4. The number of hydrogen-bond acceptors (Lipinski definition) is 4. The Labute approximate surface area is 180 Å². The first-order valence-electron chi connectivity index (χ1n) is 11.7. The summed E-state index contributed by atoms with van der Waals surface area (Å²) in [5, 5.41) is 13.1. The van der Waals surface area contributed by atoms with E-state index in [1.165, 1.54) is 25.7 Å². The molecule has 0 aliphatic heterocycles. The Bertz CT molecular complexity index is 880.